The summed E-state index contributed by atoms with van der Waals surface area (Å²) in [5, 5.41) is 8.65. The molecule has 1 rings (SSSR count). The van der Waals surface area contributed by atoms with Crippen molar-refractivity contribution in [1.29, 1.82) is 0 Å². The predicted octanol–water partition coefficient (Wildman–Crippen LogP) is 1.80. The number of nitrogens with zero attached hydrogens (tertiary/aromatic N) is 1. The minimum absolute atomic E-state index is 0.340. The Bertz CT molecular complexity index is 354. The van der Waals surface area contributed by atoms with Crippen LogP contribution in [0, 0.1) is 0 Å². The van der Waals surface area contributed by atoms with E-state index in [1.54, 1.807) is 0 Å². The summed E-state index contributed by atoms with van der Waals surface area (Å²) < 4.78 is 16.9. The van der Waals surface area contributed by atoms with E-state index >= 15 is 0 Å². The monoisotopic (exact) mass is 285 g/mol. The summed E-state index contributed by atoms with van der Waals surface area (Å²) in [4.78, 5) is 11.7. The van der Waals surface area contributed by atoms with E-state index in [2.05, 4.69) is 0 Å². The lowest BCUT2D eigenvalue weighted by atomic mass is 9.90. The second kappa shape index (κ2) is 6.60. The molecule has 0 bridgehead atoms. The van der Waals surface area contributed by atoms with Crippen LogP contribution in [0.5, 0.6) is 0 Å². The number of amides is 1. The molecule has 7 heteroatoms. The SMILES string of the molecule is CN(CCOC/C=C/B1OC(C)(C)C(C)(C)O1)C(=O)O. The van der Waals surface area contributed by atoms with Crippen molar-refractivity contribution in [1.82, 2.24) is 4.90 Å². The molecule has 1 amide bonds. The van der Waals surface area contributed by atoms with Gasteiger partial charge in [-0.25, -0.2) is 4.79 Å². The van der Waals surface area contributed by atoms with Gasteiger partial charge in [0, 0.05) is 13.6 Å². The van der Waals surface area contributed by atoms with Crippen LogP contribution in [0.25, 0.3) is 0 Å². The van der Waals surface area contributed by atoms with E-state index in [4.69, 9.17) is 19.2 Å². The zero-order valence-corrected chi connectivity index (χ0v) is 12.9. The summed E-state index contributed by atoms with van der Waals surface area (Å²) in [5.74, 6) is 1.82. The first-order chi connectivity index (χ1) is 9.16. The van der Waals surface area contributed by atoms with E-state index in [1.165, 1.54) is 11.9 Å². The molecule has 6 nitrogen and oxygen atoms in total. The van der Waals surface area contributed by atoms with E-state index in [9.17, 15) is 4.79 Å². The molecule has 0 unspecified atom stereocenters. The zero-order chi connectivity index (χ0) is 15.4. The largest absolute Gasteiger partial charge is 0.486 e. The third-order valence-electron chi connectivity index (χ3n) is 3.68. The highest BCUT2D eigenvalue weighted by molar-refractivity contribution is 6.51. The Morgan fingerprint density at radius 2 is 1.85 bits per heavy atom. The lowest BCUT2D eigenvalue weighted by molar-refractivity contribution is 0.00578. The summed E-state index contributed by atoms with van der Waals surface area (Å²) in [6.07, 6.45) is 0.865. The molecule has 0 atom stereocenters. The molecule has 0 aromatic heterocycles. The first kappa shape index (κ1) is 17.0. The second-order valence-electron chi connectivity index (χ2n) is 5.83. The zero-order valence-electron chi connectivity index (χ0n) is 12.9. The maximum absolute atomic E-state index is 10.5. The molecule has 0 aromatic carbocycles. The lowest BCUT2D eigenvalue weighted by Crippen LogP contribution is -2.41. The number of hydrogen-bond acceptors (Lipinski definition) is 4. The van der Waals surface area contributed by atoms with Crippen molar-refractivity contribution in [3.63, 3.8) is 0 Å². The molecule has 0 saturated carbocycles. The summed E-state index contributed by atoms with van der Waals surface area (Å²) in [7, 11) is 1.14. The quantitative estimate of drug-likeness (QED) is 0.595. The lowest BCUT2D eigenvalue weighted by Gasteiger charge is -2.32. The van der Waals surface area contributed by atoms with Crippen LogP contribution in [0.3, 0.4) is 0 Å². The minimum atomic E-state index is -0.957. The van der Waals surface area contributed by atoms with Gasteiger partial charge < -0.3 is 24.1 Å². The smallest absolute Gasteiger partial charge is 0.465 e. The van der Waals surface area contributed by atoms with E-state index in [0.717, 1.165) is 0 Å². The topological polar surface area (TPSA) is 68.2 Å². The van der Waals surface area contributed by atoms with Gasteiger partial charge in [-0.2, -0.15) is 0 Å². The van der Waals surface area contributed by atoms with Gasteiger partial charge in [0.2, 0.25) is 0 Å². The van der Waals surface area contributed by atoms with Gasteiger partial charge in [-0.15, -0.1) is 0 Å². The summed E-state index contributed by atoms with van der Waals surface area (Å²) in [6.45, 7) is 9.10. The highest BCUT2D eigenvalue weighted by Crippen LogP contribution is 2.36. The van der Waals surface area contributed by atoms with Crippen LogP contribution in [0.4, 0.5) is 4.79 Å². The van der Waals surface area contributed by atoms with Crippen molar-refractivity contribution < 1.29 is 23.9 Å². The van der Waals surface area contributed by atoms with Crippen LogP contribution in [0.2, 0.25) is 0 Å². The van der Waals surface area contributed by atoms with Gasteiger partial charge in [0.15, 0.2) is 0 Å². The fourth-order valence-electron chi connectivity index (χ4n) is 1.58. The van der Waals surface area contributed by atoms with Crippen molar-refractivity contribution in [3.05, 3.63) is 12.1 Å². The summed E-state index contributed by atoms with van der Waals surface area (Å²) in [5.41, 5.74) is -0.680. The normalized spacial score (nSPS) is 20.6. The molecule has 0 radical (unpaired) electrons. The van der Waals surface area contributed by atoms with Gasteiger partial charge in [0.05, 0.1) is 24.4 Å². The van der Waals surface area contributed by atoms with E-state index in [-0.39, 0.29) is 18.3 Å². The molecule has 1 fully saturated rings. The molecule has 0 aromatic rings. The minimum Gasteiger partial charge on any atom is -0.465 e. The third-order valence-corrected chi connectivity index (χ3v) is 3.68. The first-order valence-electron chi connectivity index (χ1n) is 6.70. The molecular formula is C13H24BNO5. The van der Waals surface area contributed by atoms with Crippen LogP contribution in [-0.4, -0.2) is 61.2 Å². The number of likely N-dealkylation sites (N-methyl/N-ethyl adjacent to an activating group) is 1. The average molecular weight is 285 g/mol. The van der Waals surface area contributed by atoms with Crippen LogP contribution < -0.4 is 0 Å². The van der Waals surface area contributed by atoms with E-state index in [1.807, 2.05) is 39.7 Å². The molecule has 0 aliphatic carbocycles. The fraction of sp³-hybridized carbons (Fsp3) is 0.769. The predicted molar refractivity (Wildman–Crippen MR) is 76.7 cm³/mol. The Morgan fingerprint density at radius 3 is 2.35 bits per heavy atom. The van der Waals surface area contributed by atoms with Crippen molar-refractivity contribution in [2.24, 2.45) is 0 Å². The highest BCUT2D eigenvalue weighted by atomic mass is 16.7. The Hall–Kier alpha value is -1.05. The Morgan fingerprint density at radius 1 is 1.30 bits per heavy atom. The Labute approximate surface area is 120 Å². The maximum atomic E-state index is 10.5. The number of ether oxygens (including phenoxy) is 1. The van der Waals surface area contributed by atoms with E-state index < -0.39 is 6.09 Å². The highest BCUT2D eigenvalue weighted by Gasteiger charge is 2.49. The second-order valence-corrected chi connectivity index (χ2v) is 5.83. The summed E-state index contributed by atoms with van der Waals surface area (Å²) in [6, 6.07) is 0. The van der Waals surface area contributed by atoms with Crippen molar-refractivity contribution in [2.75, 3.05) is 26.8 Å². The van der Waals surface area contributed by atoms with Crippen LogP contribution in [0.15, 0.2) is 12.1 Å². The number of carboxylic acid groups (broad SMARTS) is 1. The molecule has 1 saturated heterocycles. The fourth-order valence-corrected chi connectivity index (χ4v) is 1.58. The van der Waals surface area contributed by atoms with Crippen LogP contribution in [-0.2, 0) is 14.0 Å². The van der Waals surface area contributed by atoms with Gasteiger partial charge in [0.1, 0.15) is 0 Å². The number of hydrogen-bond donors (Lipinski definition) is 1. The molecule has 114 valence electrons. The van der Waals surface area contributed by atoms with Crippen molar-refractivity contribution >= 4 is 13.2 Å². The standard InChI is InChI=1S/C13H24BNO5/c1-12(2)13(3,4)20-14(19-12)7-6-9-18-10-8-15(5)11(16)17/h6-7H,8-10H2,1-5H3,(H,16,17)/b7-6+. The van der Waals surface area contributed by atoms with Crippen molar-refractivity contribution in [2.45, 2.75) is 38.9 Å². The molecular weight excluding hydrogens is 261 g/mol. The summed E-state index contributed by atoms with van der Waals surface area (Å²) >= 11 is 0. The average Bonchev–Trinajstić information content (AvgIpc) is 2.51. The number of rotatable bonds is 6. The molecule has 1 aliphatic heterocycles. The van der Waals surface area contributed by atoms with Crippen LogP contribution >= 0.6 is 0 Å². The Kier molecular flexibility index (Phi) is 5.62. The molecule has 20 heavy (non-hydrogen) atoms. The molecule has 1 N–H and O–H groups in total. The van der Waals surface area contributed by atoms with Crippen molar-refractivity contribution in [3.8, 4) is 0 Å². The van der Waals surface area contributed by atoms with Gasteiger partial charge in [-0.3, -0.25) is 0 Å². The molecule has 1 aliphatic rings. The van der Waals surface area contributed by atoms with Gasteiger partial charge >= 0.3 is 13.2 Å². The maximum Gasteiger partial charge on any atom is 0.486 e. The molecule has 0 spiro atoms. The van der Waals surface area contributed by atoms with E-state index in [0.29, 0.717) is 19.8 Å². The third kappa shape index (κ3) is 4.50. The van der Waals surface area contributed by atoms with Crippen LogP contribution in [0.1, 0.15) is 27.7 Å². The number of carbonyl (C=O) groups is 1. The Balaban J connectivity index is 2.22. The first-order valence-corrected chi connectivity index (χ1v) is 6.70. The van der Waals surface area contributed by atoms with Gasteiger partial charge in [0.25, 0.3) is 0 Å². The van der Waals surface area contributed by atoms with Gasteiger partial charge in [-0.1, -0.05) is 12.1 Å². The van der Waals surface area contributed by atoms with Gasteiger partial charge in [-0.05, 0) is 27.7 Å². The molecule has 1 heterocycles.